The first-order valence-electron chi connectivity index (χ1n) is 6.28. The minimum atomic E-state index is 0.314. The second kappa shape index (κ2) is 4.32. The maximum Gasteiger partial charge on any atom is 0.0457 e. The molecule has 0 amide bonds. The maximum absolute atomic E-state index is 3.39. The minimum Gasteiger partial charge on any atom is -0.361 e. The van der Waals surface area contributed by atoms with E-state index in [4.69, 9.17) is 0 Å². The first kappa shape index (κ1) is 11.3. The van der Waals surface area contributed by atoms with E-state index in [0.29, 0.717) is 5.41 Å². The first-order chi connectivity index (χ1) is 7.71. The third-order valence-corrected chi connectivity index (χ3v) is 3.82. The molecular formula is C15H21N. The molecule has 1 nitrogen and oxygen atoms in total. The number of nitrogens with one attached hydrogen (secondary N) is 1. The van der Waals surface area contributed by atoms with Crippen molar-refractivity contribution in [2.24, 2.45) is 0 Å². The number of hydrogen-bond acceptors (Lipinski definition) is 0. The van der Waals surface area contributed by atoms with Gasteiger partial charge in [-0.15, -0.1) is 0 Å². The summed E-state index contributed by atoms with van der Waals surface area (Å²) in [5.74, 6) is 0. The molecule has 86 valence electrons. The molecule has 0 saturated carbocycles. The summed E-state index contributed by atoms with van der Waals surface area (Å²) in [5, 5.41) is 1.39. The molecule has 1 unspecified atom stereocenters. The van der Waals surface area contributed by atoms with Crippen LogP contribution in [0.3, 0.4) is 0 Å². The Hall–Kier alpha value is -1.24. The smallest absolute Gasteiger partial charge is 0.0457 e. The molecule has 0 aliphatic carbocycles. The van der Waals surface area contributed by atoms with E-state index in [0.717, 1.165) is 0 Å². The highest BCUT2D eigenvalue weighted by Gasteiger charge is 2.26. The van der Waals surface area contributed by atoms with Gasteiger partial charge in [0.2, 0.25) is 0 Å². The van der Waals surface area contributed by atoms with Crippen LogP contribution in [0.5, 0.6) is 0 Å². The molecule has 0 aliphatic heterocycles. The summed E-state index contributed by atoms with van der Waals surface area (Å²) in [4.78, 5) is 3.39. The molecule has 1 atom stereocenters. The van der Waals surface area contributed by atoms with Gasteiger partial charge in [-0.25, -0.2) is 0 Å². The normalized spacial score (nSPS) is 15.2. The Labute approximate surface area is 97.9 Å². The van der Waals surface area contributed by atoms with E-state index >= 15 is 0 Å². The number of fused-ring (bicyclic) bond motifs is 1. The van der Waals surface area contributed by atoms with Crippen LogP contribution in [0.4, 0.5) is 0 Å². The molecule has 0 radical (unpaired) electrons. The third-order valence-electron chi connectivity index (χ3n) is 3.82. The summed E-state index contributed by atoms with van der Waals surface area (Å²) in [6, 6.07) is 8.60. The zero-order chi connectivity index (χ0) is 11.6. The van der Waals surface area contributed by atoms with Gasteiger partial charge in [-0.2, -0.15) is 0 Å². The molecule has 1 aromatic carbocycles. The summed E-state index contributed by atoms with van der Waals surface area (Å²) < 4.78 is 0. The van der Waals surface area contributed by atoms with E-state index in [1.54, 1.807) is 0 Å². The second-order valence-corrected chi connectivity index (χ2v) is 4.91. The zero-order valence-corrected chi connectivity index (χ0v) is 10.5. The largest absolute Gasteiger partial charge is 0.361 e. The lowest BCUT2D eigenvalue weighted by molar-refractivity contribution is 0.417. The summed E-state index contributed by atoms with van der Waals surface area (Å²) >= 11 is 0. The van der Waals surface area contributed by atoms with Crippen LogP contribution in [0.2, 0.25) is 0 Å². The topological polar surface area (TPSA) is 15.8 Å². The number of aromatic nitrogens is 1. The Balaban J connectivity index is 2.53. The highest BCUT2D eigenvalue weighted by Crippen LogP contribution is 2.36. The van der Waals surface area contributed by atoms with Crippen LogP contribution in [-0.2, 0) is 5.41 Å². The van der Waals surface area contributed by atoms with Gasteiger partial charge < -0.3 is 4.98 Å². The summed E-state index contributed by atoms with van der Waals surface area (Å²) in [5.41, 5.74) is 3.05. The van der Waals surface area contributed by atoms with Crippen molar-refractivity contribution in [2.75, 3.05) is 0 Å². The molecule has 0 spiro atoms. The number of hydrogen-bond donors (Lipinski definition) is 1. The molecule has 16 heavy (non-hydrogen) atoms. The number of para-hydroxylation sites is 1. The van der Waals surface area contributed by atoms with Crippen molar-refractivity contribution in [3.05, 3.63) is 36.0 Å². The second-order valence-electron chi connectivity index (χ2n) is 4.91. The van der Waals surface area contributed by atoms with E-state index in [9.17, 15) is 0 Å². The fourth-order valence-electron chi connectivity index (χ4n) is 2.62. The Morgan fingerprint density at radius 1 is 1.19 bits per heavy atom. The molecule has 2 rings (SSSR count). The van der Waals surface area contributed by atoms with Crippen LogP contribution < -0.4 is 0 Å². The molecule has 1 N–H and O–H groups in total. The van der Waals surface area contributed by atoms with Gasteiger partial charge in [-0.3, -0.25) is 0 Å². The molecule has 0 fully saturated rings. The molecule has 1 aromatic heterocycles. The van der Waals surface area contributed by atoms with Crippen LogP contribution in [0, 0.1) is 0 Å². The standard InChI is InChI=1S/C15H21N/c1-4-10-15(3,5-2)13-11-16-14-9-7-6-8-12(13)14/h6-9,11,16H,4-5,10H2,1-3H3. The van der Waals surface area contributed by atoms with E-state index < -0.39 is 0 Å². The Kier molecular flexibility index (Phi) is 3.04. The number of H-pyrrole nitrogens is 1. The molecule has 0 bridgehead atoms. The maximum atomic E-state index is 3.39. The summed E-state index contributed by atoms with van der Waals surface area (Å²) in [6.07, 6.45) is 5.89. The fourth-order valence-corrected chi connectivity index (χ4v) is 2.62. The van der Waals surface area contributed by atoms with Crippen LogP contribution in [0.15, 0.2) is 30.5 Å². The van der Waals surface area contributed by atoms with Gasteiger partial charge in [0, 0.05) is 17.1 Å². The van der Waals surface area contributed by atoms with Crippen LogP contribution in [-0.4, -0.2) is 4.98 Å². The molecule has 1 heteroatoms. The van der Waals surface area contributed by atoms with Crippen LogP contribution in [0.25, 0.3) is 10.9 Å². The van der Waals surface area contributed by atoms with E-state index in [1.165, 1.54) is 35.7 Å². The van der Waals surface area contributed by atoms with E-state index in [-0.39, 0.29) is 0 Å². The predicted molar refractivity (Wildman–Crippen MR) is 70.8 cm³/mol. The molecular weight excluding hydrogens is 194 g/mol. The van der Waals surface area contributed by atoms with Gasteiger partial charge >= 0.3 is 0 Å². The average molecular weight is 215 g/mol. The number of aromatic amines is 1. The van der Waals surface area contributed by atoms with Crippen molar-refractivity contribution in [1.29, 1.82) is 0 Å². The van der Waals surface area contributed by atoms with E-state index in [1.807, 2.05) is 0 Å². The average Bonchev–Trinajstić information content (AvgIpc) is 2.73. The Morgan fingerprint density at radius 3 is 2.62 bits per heavy atom. The van der Waals surface area contributed by atoms with Gasteiger partial charge in [0.05, 0.1) is 0 Å². The molecule has 2 aromatic rings. The van der Waals surface area contributed by atoms with Crippen molar-refractivity contribution < 1.29 is 0 Å². The van der Waals surface area contributed by atoms with Crippen molar-refractivity contribution >= 4 is 10.9 Å². The Morgan fingerprint density at radius 2 is 1.94 bits per heavy atom. The van der Waals surface area contributed by atoms with Crippen molar-refractivity contribution in [2.45, 2.75) is 45.4 Å². The van der Waals surface area contributed by atoms with Gasteiger partial charge in [0.15, 0.2) is 0 Å². The summed E-state index contributed by atoms with van der Waals surface area (Å²) in [6.45, 7) is 6.94. The third kappa shape index (κ3) is 1.75. The lowest BCUT2D eigenvalue weighted by Gasteiger charge is -2.27. The fraction of sp³-hybridized carbons (Fsp3) is 0.467. The highest BCUT2D eigenvalue weighted by molar-refractivity contribution is 5.84. The molecule has 0 aliphatic rings. The monoisotopic (exact) mass is 215 g/mol. The SMILES string of the molecule is CCCC(C)(CC)c1c[nH]c2ccccc12. The zero-order valence-electron chi connectivity index (χ0n) is 10.5. The summed E-state index contributed by atoms with van der Waals surface area (Å²) in [7, 11) is 0. The van der Waals surface area contributed by atoms with Gasteiger partial charge in [-0.1, -0.05) is 45.4 Å². The molecule has 0 saturated heterocycles. The first-order valence-corrected chi connectivity index (χ1v) is 6.28. The predicted octanol–water partition coefficient (Wildman–Crippen LogP) is 4.64. The van der Waals surface area contributed by atoms with E-state index in [2.05, 4.69) is 56.2 Å². The minimum absolute atomic E-state index is 0.314. The van der Waals surface area contributed by atoms with Crippen LogP contribution in [0.1, 0.15) is 45.6 Å². The van der Waals surface area contributed by atoms with Gasteiger partial charge in [-0.05, 0) is 29.9 Å². The Bertz CT molecular complexity index is 469. The van der Waals surface area contributed by atoms with Crippen molar-refractivity contribution in [3.63, 3.8) is 0 Å². The van der Waals surface area contributed by atoms with Gasteiger partial charge in [0.1, 0.15) is 0 Å². The highest BCUT2D eigenvalue weighted by atomic mass is 14.7. The van der Waals surface area contributed by atoms with Crippen molar-refractivity contribution in [3.8, 4) is 0 Å². The van der Waals surface area contributed by atoms with Crippen molar-refractivity contribution in [1.82, 2.24) is 4.98 Å². The number of benzene rings is 1. The number of rotatable bonds is 4. The lowest BCUT2D eigenvalue weighted by atomic mass is 9.76. The lowest BCUT2D eigenvalue weighted by Crippen LogP contribution is -2.19. The quantitative estimate of drug-likeness (QED) is 0.765. The van der Waals surface area contributed by atoms with Crippen LogP contribution >= 0.6 is 0 Å². The molecule has 1 heterocycles. The van der Waals surface area contributed by atoms with Gasteiger partial charge in [0.25, 0.3) is 0 Å².